The Hall–Kier alpha value is 0.897. The van der Waals surface area contributed by atoms with Crippen molar-refractivity contribution in [1.82, 2.24) is 0 Å². The molecule has 0 aliphatic carbocycles. The number of rotatable bonds is 2. The molecule has 0 N–H and O–H groups in total. The summed E-state index contributed by atoms with van der Waals surface area (Å²) >= 11 is 30.9. The number of carbonyl (C=O) groups is 2. The molecule has 11 heteroatoms. The van der Waals surface area contributed by atoms with Crippen LogP contribution in [0.25, 0.3) is 0 Å². The third-order valence-corrected chi connectivity index (χ3v) is 2.53. The molecule has 0 aromatic rings. The number of hydrogen-bond donors (Lipinski definition) is 0. The lowest BCUT2D eigenvalue weighted by atomic mass is 10.8. The molecular formula is C4H2Cl6O4Si. The van der Waals surface area contributed by atoms with E-state index in [1.165, 1.54) is 0 Å². The highest BCUT2D eigenvalue weighted by molar-refractivity contribution is 6.77. The van der Waals surface area contributed by atoms with E-state index in [4.69, 9.17) is 69.6 Å². The van der Waals surface area contributed by atoms with Crippen LogP contribution in [0.15, 0.2) is 0 Å². The molecule has 0 saturated carbocycles. The van der Waals surface area contributed by atoms with Crippen LogP contribution in [-0.2, 0) is 18.4 Å². The topological polar surface area (TPSA) is 52.6 Å². The predicted molar refractivity (Wildman–Crippen MR) is 61.3 cm³/mol. The lowest BCUT2D eigenvalue weighted by Gasteiger charge is -2.13. The number of carbonyl (C=O) groups excluding carboxylic acids is 2. The van der Waals surface area contributed by atoms with Crippen molar-refractivity contribution in [3.05, 3.63) is 0 Å². The van der Waals surface area contributed by atoms with E-state index in [1.807, 2.05) is 0 Å². The molecule has 0 bridgehead atoms. The third kappa shape index (κ3) is 6.94. The Bertz CT molecular complexity index is 231. The molecule has 0 saturated heterocycles. The summed E-state index contributed by atoms with van der Waals surface area (Å²) in [6, 6.07) is 0. The van der Waals surface area contributed by atoms with Crippen LogP contribution < -0.4 is 0 Å². The van der Waals surface area contributed by atoms with Crippen LogP contribution in [0.3, 0.4) is 0 Å². The second-order valence-electron chi connectivity index (χ2n) is 1.98. The second-order valence-corrected chi connectivity index (χ2v) is 7.35. The van der Waals surface area contributed by atoms with E-state index in [-0.39, 0.29) is 0 Å². The normalized spacial score (nSPS) is 12.1. The molecule has 0 fully saturated rings. The van der Waals surface area contributed by atoms with Gasteiger partial charge >= 0.3 is 21.9 Å². The van der Waals surface area contributed by atoms with Crippen molar-refractivity contribution in [2.45, 2.75) is 7.59 Å². The molecule has 0 atom stereocenters. The monoisotopic (exact) mass is 352 g/mol. The largest absolute Gasteiger partial charge is 0.486 e. The maximum absolute atomic E-state index is 10.8. The van der Waals surface area contributed by atoms with Crippen LogP contribution >= 0.6 is 69.6 Å². The SMILES string of the molecule is O=C(O[SiH2]OC(=O)C(Cl)(Cl)Cl)C(Cl)(Cl)Cl. The van der Waals surface area contributed by atoms with Gasteiger partial charge in [-0.15, -0.1) is 0 Å². The second kappa shape index (κ2) is 6.00. The minimum absolute atomic E-state index is 1.16. The van der Waals surface area contributed by atoms with Gasteiger partial charge < -0.3 is 8.85 Å². The molecule has 0 rings (SSSR count). The first-order valence-electron chi connectivity index (χ1n) is 3.03. The Labute approximate surface area is 117 Å². The number of alkyl halides is 6. The van der Waals surface area contributed by atoms with E-state index < -0.39 is 29.5 Å². The molecule has 0 spiro atoms. The fraction of sp³-hybridized carbons (Fsp3) is 0.500. The molecule has 88 valence electrons. The highest BCUT2D eigenvalue weighted by Crippen LogP contribution is 2.28. The van der Waals surface area contributed by atoms with E-state index in [9.17, 15) is 9.59 Å². The van der Waals surface area contributed by atoms with Gasteiger partial charge in [-0.05, 0) is 0 Å². The van der Waals surface area contributed by atoms with Gasteiger partial charge in [-0.2, -0.15) is 0 Å². The first kappa shape index (κ1) is 15.9. The maximum Gasteiger partial charge on any atom is 0.432 e. The Morgan fingerprint density at radius 1 is 0.800 bits per heavy atom. The highest BCUT2D eigenvalue weighted by atomic mass is 35.6. The van der Waals surface area contributed by atoms with Crippen molar-refractivity contribution in [2.24, 2.45) is 0 Å². The van der Waals surface area contributed by atoms with Crippen molar-refractivity contribution in [3.8, 4) is 0 Å². The smallest absolute Gasteiger partial charge is 0.432 e. The zero-order valence-electron chi connectivity index (χ0n) is 6.61. The minimum atomic E-state index is -2.22. The standard InChI is InChI=1S/C4H2Cl6O4Si/c5-3(6,7)1(11)13-15-14-2(12)4(8,9)10/h15H2. The summed E-state index contributed by atoms with van der Waals surface area (Å²) in [6.07, 6.45) is 0. The molecule has 0 radical (unpaired) electrons. The first-order valence-corrected chi connectivity index (χ1v) is 6.45. The molecule has 4 nitrogen and oxygen atoms in total. The average Bonchev–Trinajstić information content (AvgIpc) is 2.00. The predicted octanol–water partition coefficient (Wildman–Crippen LogP) is 1.81. The Kier molecular flexibility index (Phi) is 6.36. The minimum Gasteiger partial charge on any atom is -0.486 e. The maximum atomic E-state index is 10.8. The molecule has 0 aromatic carbocycles. The Morgan fingerprint density at radius 2 is 1.07 bits per heavy atom. The molecule has 0 aliphatic rings. The fourth-order valence-corrected chi connectivity index (χ4v) is 1.88. The van der Waals surface area contributed by atoms with Gasteiger partial charge in [0, 0.05) is 0 Å². The molecule has 0 heterocycles. The van der Waals surface area contributed by atoms with Crippen LogP contribution in [-0.4, -0.2) is 29.5 Å². The lowest BCUT2D eigenvalue weighted by molar-refractivity contribution is -0.138. The van der Waals surface area contributed by atoms with Crippen LogP contribution in [0.5, 0.6) is 0 Å². The zero-order valence-corrected chi connectivity index (χ0v) is 12.6. The van der Waals surface area contributed by atoms with Crippen LogP contribution in [0, 0.1) is 0 Å². The van der Waals surface area contributed by atoms with Crippen LogP contribution in [0.1, 0.15) is 0 Å². The summed E-state index contributed by atoms with van der Waals surface area (Å²) < 4.78 is 4.27. The van der Waals surface area contributed by atoms with Gasteiger partial charge in [0.1, 0.15) is 0 Å². The highest BCUT2D eigenvalue weighted by Gasteiger charge is 2.35. The quantitative estimate of drug-likeness (QED) is 0.560. The third-order valence-electron chi connectivity index (χ3n) is 0.843. The van der Waals surface area contributed by atoms with Crippen molar-refractivity contribution >= 4 is 91.6 Å². The van der Waals surface area contributed by atoms with Gasteiger partial charge in [0.15, 0.2) is 0 Å². The van der Waals surface area contributed by atoms with Crippen molar-refractivity contribution in [2.75, 3.05) is 0 Å². The summed E-state index contributed by atoms with van der Waals surface area (Å²) in [6.45, 7) is 0. The summed E-state index contributed by atoms with van der Waals surface area (Å²) in [5.41, 5.74) is 0. The van der Waals surface area contributed by atoms with E-state index in [0.29, 0.717) is 0 Å². The summed E-state index contributed by atoms with van der Waals surface area (Å²) in [5.74, 6) is -2.31. The molecular weight excluding hydrogens is 353 g/mol. The van der Waals surface area contributed by atoms with E-state index in [0.717, 1.165) is 0 Å². The van der Waals surface area contributed by atoms with E-state index in [1.54, 1.807) is 0 Å². The summed E-state index contributed by atoms with van der Waals surface area (Å²) in [5, 5.41) is 0. The van der Waals surface area contributed by atoms with Crippen LogP contribution in [0.2, 0.25) is 0 Å². The number of halogens is 6. The van der Waals surface area contributed by atoms with Gasteiger partial charge in [-0.1, -0.05) is 69.6 Å². The first-order chi connectivity index (χ1) is 6.55. The van der Waals surface area contributed by atoms with Gasteiger partial charge in [0.2, 0.25) is 0 Å². The van der Waals surface area contributed by atoms with Gasteiger partial charge in [0.05, 0.1) is 0 Å². The summed E-state index contributed by atoms with van der Waals surface area (Å²) in [7, 11) is -2.05. The van der Waals surface area contributed by atoms with Gasteiger partial charge in [-0.3, -0.25) is 0 Å². The van der Waals surface area contributed by atoms with Crippen molar-refractivity contribution < 1.29 is 18.4 Å². The molecule has 0 amide bonds. The van der Waals surface area contributed by atoms with E-state index >= 15 is 0 Å². The zero-order chi connectivity index (χ0) is 12.3. The average molecular weight is 355 g/mol. The van der Waals surface area contributed by atoms with Crippen LogP contribution in [0.4, 0.5) is 0 Å². The summed E-state index contributed by atoms with van der Waals surface area (Å²) in [4.78, 5) is 21.6. The molecule has 0 unspecified atom stereocenters. The van der Waals surface area contributed by atoms with E-state index in [2.05, 4.69) is 8.85 Å². The van der Waals surface area contributed by atoms with Crippen molar-refractivity contribution in [3.63, 3.8) is 0 Å². The Balaban J connectivity index is 3.92. The Morgan fingerprint density at radius 3 is 1.27 bits per heavy atom. The fourth-order valence-electron chi connectivity index (χ4n) is 0.300. The van der Waals surface area contributed by atoms with Gasteiger partial charge in [0.25, 0.3) is 7.59 Å². The number of hydrogen-bond acceptors (Lipinski definition) is 4. The van der Waals surface area contributed by atoms with Crippen molar-refractivity contribution in [1.29, 1.82) is 0 Å². The molecule has 0 aromatic heterocycles. The molecule has 0 aliphatic heterocycles. The molecule has 15 heavy (non-hydrogen) atoms. The van der Waals surface area contributed by atoms with Gasteiger partial charge in [-0.25, -0.2) is 9.59 Å². The lowest BCUT2D eigenvalue weighted by Crippen LogP contribution is -2.29.